The van der Waals surface area contributed by atoms with Crippen molar-refractivity contribution < 1.29 is 22.7 Å². The molecule has 3 aromatic rings. The molecular weight excluding hydrogens is 475 g/mol. The van der Waals surface area contributed by atoms with E-state index in [0.29, 0.717) is 34.2 Å². The van der Waals surface area contributed by atoms with Crippen molar-refractivity contribution >= 4 is 35.1 Å². The summed E-state index contributed by atoms with van der Waals surface area (Å²) in [6, 6.07) is 11.4. The Labute approximate surface area is 195 Å². The maximum absolute atomic E-state index is 13.3. The van der Waals surface area contributed by atoms with E-state index in [9.17, 15) is 22.8 Å². The number of hydrogen-bond acceptors (Lipinski definition) is 6. The summed E-state index contributed by atoms with van der Waals surface area (Å²) in [4.78, 5) is 30.6. The Bertz CT molecular complexity index is 1260. The van der Waals surface area contributed by atoms with Gasteiger partial charge in [-0.3, -0.25) is 14.2 Å². The monoisotopic (exact) mass is 493 g/mol. The topological polar surface area (TPSA) is 73.2 Å². The first-order valence-electron chi connectivity index (χ1n) is 9.80. The fourth-order valence-corrected chi connectivity index (χ4v) is 5.16. The van der Waals surface area contributed by atoms with Crippen LogP contribution in [0.3, 0.4) is 0 Å². The third-order valence-electron chi connectivity index (χ3n) is 4.81. The lowest BCUT2D eigenvalue weighted by Crippen LogP contribution is -2.25. The summed E-state index contributed by atoms with van der Waals surface area (Å²) >= 11 is 2.32. The molecule has 0 aliphatic carbocycles. The predicted octanol–water partition coefficient (Wildman–Crippen LogP) is 4.64. The van der Waals surface area contributed by atoms with Gasteiger partial charge in [-0.25, -0.2) is 4.98 Å². The number of aromatic nitrogens is 2. The number of nitrogens with one attached hydrogen (secondary N) is 1. The van der Waals surface area contributed by atoms with Crippen molar-refractivity contribution in [1.82, 2.24) is 9.55 Å². The number of fused-ring (bicyclic) bond motifs is 1. The van der Waals surface area contributed by atoms with Gasteiger partial charge in [0.15, 0.2) is 5.16 Å². The van der Waals surface area contributed by atoms with Crippen molar-refractivity contribution in [3.05, 3.63) is 70.1 Å². The Morgan fingerprint density at radius 1 is 1.24 bits per heavy atom. The zero-order valence-corrected chi connectivity index (χ0v) is 18.9. The lowest BCUT2D eigenvalue weighted by atomic mass is 10.2. The average molecular weight is 494 g/mol. The molecule has 0 unspecified atom stereocenters. The van der Waals surface area contributed by atoms with E-state index >= 15 is 0 Å². The summed E-state index contributed by atoms with van der Waals surface area (Å²) < 4.78 is 46.1. The first-order valence-corrected chi connectivity index (χ1v) is 11.8. The number of carbonyl (C=O) groups is 1. The number of alkyl halides is 3. The number of benzene rings is 2. The summed E-state index contributed by atoms with van der Waals surface area (Å²) in [6.07, 6.45) is -3.97. The smallest absolute Gasteiger partial charge is 0.416 e. The van der Waals surface area contributed by atoms with Crippen LogP contribution >= 0.6 is 23.5 Å². The minimum absolute atomic E-state index is 0.0465. The highest BCUT2D eigenvalue weighted by Crippen LogP contribution is 2.33. The highest BCUT2D eigenvalue weighted by molar-refractivity contribution is 8.00. The van der Waals surface area contributed by atoms with E-state index in [-0.39, 0.29) is 22.5 Å². The first-order chi connectivity index (χ1) is 15.8. The molecule has 0 atom stereocenters. The first kappa shape index (κ1) is 23.2. The quantitative estimate of drug-likeness (QED) is 0.399. The van der Waals surface area contributed by atoms with Crippen LogP contribution in [-0.2, 0) is 17.4 Å². The summed E-state index contributed by atoms with van der Waals surface area (Å²) in [6.45, 7) is 0. The average Bonchev–Trinajstić information content (AvgIpc) is 3.27. The summed E-state index contributed by atoms with van der Waals surface area (Å²) in [5.74, 6) is 0.687. The number of rotatable bonds is 6. The molecule has 1 aliphatic rings. The maximum Gasteiger partial charge on any atom is 0.416 e. The van der Waals surface area contributed by atoms with E-state index in [2.05, 4.69) is 10.3 Å². The molecule has 0 radical (unpaired) electrons. The highest BCUT2D eigenvalue weighted by Gasteiger charge is 2.31. The molecule has 1 aliphatic heterocycles. The van der Waals surface area contributed by atoms with Crippen LogP contribution in [0.2, 0.25) is 0 Å². The number of anilines is 1. The van der Waals surface area contributed by atoms with Crippen LogP contribution in [0.15, 0.2) is 63.4 Å². The number of halogens is 3. The second kappa shape index (κ2) is 9.52. The number of hydrogen-bond donors (Lipinski definition) is 1. The lowest BCUT2D eigenvalue weighted by molar-refractivity contribution is -0.137. The van der Waals surface area contributed by atoms with Crippen LogP contribution in [0, 0.1) is 0 Å². The molecule has 33 heavy (non-hydrogen) atoms. The predicted molar refractivity (Wildman–Crippen MR) is 122 cm³/mol. The van der Waals surface area contributed by atoms with E-state index in [0.717, 1.165) is 28.5 Å². The molecule has 11 heteroatoms. The Balaban J connectivity index is 1.65. The molecule has 0 saturated carbocycles. The van der Waals surface area contributed by atoms with Crippen molar-refractivity contribution in [2.45, 2.75) is 22.6 Å². The molecule has 0 saturated heterocycles. The van der Waals surface area contributed by atoms with E-state index in [4.69, 9.17) is 4.74 Å². The number of amides is 1. The molecule has 0 bridgehead atoms. The van der Waals surface area contributed by atoms with E-state index in [1.807, 2.05) is 0 Å². The molecule has 0 fully saturated rings. The van der Waals surface area contributed by atoms with E-state index in [1.54, 1.807) is 24.3 Å². The third kappa shape index (κ3) is 5.03. The van der Waals surface area contributed by atoms with Crippen LogP contribution in [-0.4, -0.2) is 34.1 Å². The van der Waals surface area contributed by atoms with Crippen LogP contribution in [0.1, 0.15) is 11.3 Å². The molecule has 2 aromatic carbocycles. The molecule has 1 N–H and O–H groups in total. The molecule has 2 heterocycles. The van der Waals surface area contributed by atoms with Gasteiger partial charge in [-0.05, 0) is 30.3 Å². The SMILES string of the molecule is COc1ccccc1NC(=O)CSc1nc2c(c(=O)n1-c1cccc(C(F)(F)F)c1)SCC2. The highest BCUT2D eigenvalue weighted by atomic mass is 32.2. The van der Waals surface area contributed by atoms with Gasteiger partial charge < -0.3 is 10.1 Å². The molecule has 1 aromatic heterocycles. The van der Waals surface area contributed by atoms with Crippen LogP contribution in [0.25, 0.3) is 5.69 Å². The molecule has 6 nitrogen and oxygen atoms in total. The van der Waals surface area contributed by atoms with Gasteiger partial charge in [0, 0.05) is 12.2 Å². The Hall–Kier alpha value is -2.92. The van der Waals surface area contributed by atoms with Gasteiger partial charge in [-0.2, -0.15) is 13.2 Å². The summed E-state index contributed by atoms with van der Waals surface area (Å²) in [7, 11) is 1.49. The second-order valence-electron chi connectivity index (χ2n) is 6.99. The van der Waals surface area contributed by atoms with Crippen molar-refractivity contribution in [3.63, 3.8) is 0 Å². The number of ether oxygens (including phenoxy) is 1. The van der Waals surface area contributed by atoms with Crippen LogP contribution in [0.4, 0.5) is 18.9 Å². The second-order valence-corrected chi connectivity index (χ2v) is 9.04. The fourth-order valence-electron chi connectivity index (χ4n) is 3.30. The van der Waals surface area contributed by atoms with Gasteiger partial charge in [-0.1, -0.05) is 30.0 Å². The fraction of sp³-hybridized carbons (Fsp3) is 0.227. The molecule has 172 valence electrons. The number of para-hydroxylation sites is 2. The van der Waals surface area contributed by atoms with Gasteiger partial charge in [0.1, 0.15) is 5.75 Å². The lowest BCUT2D eigenvalue weighted by Gasteiger charge is -2.15. The van der Waals surface area contributed by atoms with E-state index < -0.39 is 17.3 Å². The molecule has 4 rings (SSSR count). The van der Waals surface area contributed by atoms with Crippen molar-refractivity contribution in [2.75, 3.05) is 23.9 Å². The molecule has 0 spiro atoms. The van der Waals surface area contributed by atoms with Crippen molar-refractivity contribution in [1.29, 1.82) is 0 Å². The third-order valence-corrected chi connectivity index (χ3v) is 6.86. The number of thioether (sulfide) groups is 2. The largest absolute Gasteiger partial charge is 0.495 e. The zero-order valence-electron chi connectivity index (χ0n) is 17.3. The van der Waals surface area contributed by atoms with Gasteiger partial charge in [0.25, 0.3) is 5.56 Å². The number of aryl methyl sites for hydroxylation is 1. The Kier molecular flexibility index (Phi) is 6.71. The summed E-state index contributed by atoms with van der Waals surface area (Å²) in [5.41, 5.74) is -0.176. The zero-order chi connectivity index (χ0) is 23.6. The van der Waals surface area contributed by atoms with E-state index in [1.165, 1.54) is 31.0 Å². The Morgan fingerprint density at radius 2 is 2.03 bits per heavy atom. The normalized spacial score (nSPS) is 13.0. The minimum atomic E-state index is -4.56. The molecular formula is C22H18F3N3O3S2. The van der Waals surface area contributed by atoms with Gasteiger partial charge in [0.05, 0.1) is 40.4 Å². The van der Waals surface area contributed by atoms with Gasteiger partial charge in [0.2, 0.25) is 5.91 Å². The maximum atomic E-state index is 13.3. The number of nitrogens with zero attached hydrogens (tertiary/aromatic N) is 2. The van der Waals surface area contributed by atoms with Crippen LogP contribution < -0.4 is 15.6 Å². The summed E-state index contributed by atoms with van der Waals surface area (Å²) in [5, 5.41) is 2.90. The number of carbonyl (C=O) groups excluding carboxylic acids is 1. The minimum Gasteiger partial charge on any atom is -0.495 e. The Morgan fingerprint density at radius 3 is 2.79 bits per heavy atom. The standard InChI is InChI=1S/C22H18F3N3O3S2/c1-31-17-8-3-2-7-15(17)26-18(29)12-33-21-27-16-9-10-32-19(16)20(30)28(21)14-6-4-5-13(11-14)22(23,24)25/h2-8,11H,9-10,12H2,1H3,(H,26,29). The number of methoxy groups -OCH3 is 1. The van der Waals surface area contributed by atoms with Crippen molar-refractivity contribution in [2.24, 2.45) is 0 Å². The molecule has 1 amide bonds. The van der Waals surface area contributed by atoms with Gasteiger partial charge >= 0.3 is 6.18 Å². The van der Waals surface area contributed by atoms with Crippen molar-refractivity contribution in [3.8, 4) is 11.4 Å². The van der Waals surface area contributed by atoms with Crippen LogP contribution in [0.5, 0.6) is 5.75 Å². The van der Waals surface area contributed by atoms with Gasteiger partial charge in [-0.15, -0.1) is 11.8 Å².